The van der Waals surface area contributed by atoms with Gasteiger partial charge in [-0.3, -0.25) is 0 Å². The summed E-state index contributed by atoms with van der Waals surface area (Å²) in [7, 11) is 0. The smallest absolute Gasteiger partial charge is 0.119 e. The number of hydrogen-bond donors (Lipinski definition) is 1. The van der Waals surface area contributed by atoms with Crippen molar-refractivity contribution >= 4 is 11.8 Å². The van der Waals surface area contributed by atoms with Crippen LogP contribution in [0.15, 0.2) is 30.3 Å². The van der Waals surface area contributed by atoms with Gasteiger partial charge in [0.05, 0.1) is 6.61 Å². The van der Waals surface area contributed by atoms with Gasteiger partial charge in [0.15, 0.2) is 0 Å². The van der Waals surface area contributed by atoms with Gasteiger partial charge in [-0.2, -0.15) is 11.8 Å². The van der Waals surface area contributed by atoms with E-state index in [1.807, 2.05) is 42.1 Å². The molecule has 0 spiro atoms. The van der Waals surface area contributed by atoms with Crippen LogP contribution in [0.3, 0.4) is 0 Å². The molecule has 1 rings (SSSR count). The number of thioether (sulfide) groups is 1. The minimum atomic E-state index is 0.284. The third-order valence-corrected chi connectivity index (χ3v) is 2.72. The predicted molar refractivity (Wildman–Crippen MR) is 61.0 cm³/mol. The Hall–Kier alpha value is -0.670. The average molecular weight is 212 g/mol. The highest BCUT2D eigenvalue weighted by molar-refractivity contribution is 7.99. The summed E-state index contributed by atoms with van der Waals surface area (Å²) in [6.45, 7) is 1.02. The quantitative estimate of drug-likeness (QED) is 0.702. The average Bonchev–Trinajstić information content (AvgIpc) is 2.25. The first-order chi connectivity index (χ1) is 6.93. The molecule has 2 nitrogen and oxygen atoms in total. The molecule has 0 saturated carbocycles. The molecule has 1 aromatic rings. The van der Waals surface area contributed by atoms with Crippen molar-refractivity contribution in [3.8, 4) is 5.75 Å². The Labute approximate surface area is 89.3 Å². The van der Waals surface area contributed by atoms with Gasteiger partial charge in [-0.1, -0.05) is 18.2 Å². The van der Waals surface area contributed by atoms with Crippen molar-refractivity contribution in [2.75, 3.05) is 24.7 Å². The Balaban J connectivity index is 1.99. The van der Waals surface area contributed by atoms with E-state index >= 15 is 0 Å². The maximum atomic E-state index is 8.56. The number of para-hydroxylation sites is 1. The van der Waals surface area contributed by atoms with Crippen molar-refractivity contribution in [2.45, 2.75) is 6.42 Å². The van der Waals surface area contributed by atoms with Crippen LogP contribution < -0.4 is 4.74 Å². The van der Waals surface area contributed by atoms with E-state index in [0.29, 0.717) is 0 Å². The summed E-state index contributed by atoms with van der Waals surface area (Å²) < 4.78 is 5.50. The number of aliphatic hydroxyl groups is 1. The number of benzene rings is 1. The second kappa shape index (κ2) is 7.71. The number of rotatable bonds is 7. The van der Waals surface area contributed by atoms with E-state index in [1.54, 1.807) is 0 Å². The zero-order valence-corrected chi connectivity index (χ0v) is 9.00. The molecule has 0 heterocycles. The third-order valence-electron chi connectivity index (χ3n) is 1.69. The maximum Gasteiger partial charge on any atom is 0.119 e. The standard InChI is InChI=1S/C11H16O2S/c12-7-4-9-14-10-8-13-11-5-2-1-3-6-11/h1-3,5-6,12H,4,7-10H2. The lowest BCUT2D eigenvalue weighted by Gasteiger charge is -2.04. The summed E-state index contributed by atoms with van der Waals surface area (Å²) in [6.07, 6.45) is 0.871. The van der Waals surface area contributed by atoms with Gasteiger partial charge in [-0.25, -0.2) is 0 Å². The molecule has 1 N–H and O–H groups in total. The SMILES string of the molecule is OCCCSCCOc1ccccc1. The molecular weight excluding hydrogens is 196 g/mol. The Bertz CT molecular complexity index is 226. The van der Waals surface area contributed by atoms with E-state index in [0.717, 1.165) is 30.3 Å². The molecule has 78 valence electrons. The minimum Gasteiger partial charge on any atom is -0.493 e. The zero-order chi connectivity index (χ0) is 10.1. The number of ether oxygens (including phenoxy) is 1. The highest BCUT2D eigenvalue weighted by atomic mass is 32.2. The molecular formula is C11H16O2S. The van der Waals surface area contributed by atoms with Crippen LogP contribution in [0, 0.1) is 0 Å². The van der Waals surface area contributed by atoms with E-state index in [9.17, 15) is 0 Å². The van der Waals surface area contributed by atoms with Crippen LogP contribution in [0.5, 0.6) is 5.75 Å². The van der Waals surface area contributed by atoms with E-state index < -0.39 is 0 Å². The first-order valence-electron chi connectivity index (χ1n) is 4.80. The fourth-order valence-electron chi connectivity index (χ4n) is 1.00. The summed E-state index contributed by atoms with van der Waals surface area (Å²) >= 11 is 1.81. The van der Waals surface area contributed by atoms with Gasteiger partial charge in [-0.15, -0.1) is 0 Å². The molecule has 0 bridgehead atoms. The third kappa shape index (κ3) is 5.14. The molecule has 0 aliphatic heterocycles. The van der Waals surface area contributed by atoms with Crippen molar-refractivity contribution in [2.24, 2.45) is 0 Å². The lowest BCUT2D eigenvalue weighted by atomic mass is 10.3. The van der Waals surface area contributed by atoms with Gasteiger partial charge in [0.1, 0.15) is 5.75 Å². The molecule has 0 unspecified atom stereocenters. The summed E-state index contributed by atoms with van der Waals surface area (Å²) in [4.78, 5) is 0. The van der Waals surface area contributed by atoms with Crippen molar-refractivity contribution in [3.05, 3.63) is 30.3 Å². The molecule has 0 atom stereocenters. The van der Waals surface area contributed by atoms with Crippen molar-refractivity contribution < 1.29 is 9.84 Å². The number of aliphatic hydroxyl groups excluding tert-OH is 1. The molecule has 3 heteroatoms. The zero-order valence-electron chi connectivity index (χ0n) is 8.19. The molecule has 0 saturated heterocycles. The fourth-order valence-corrected chi connectivity index (χ4v) is 1.74. The molecule has 0 fully saturated rings. The van der Waals surface area contributed by atoms with Gasteiger partial charge in [0.2, 0.25) is 0 Å². The molecule has 0 aliphatic rings. The Morgan fingerprint density at radius 2 is 1.93 bits per heavy atom. The first kappa shape index (κ1) is 11.4. The summed E-state index contributed by atoms with van der Waals surface area (Å²) in [6, 6.07) is 9.82. The molecule has 0 radical (unpaired) electrons. The van der Waals surface area contributed by atoms with Crippen molar-refractivity contribution in [3.63, 3.8) is 0 Å². The van der Waals surface area contributed by atoms with Crippen molar-refractivity contribution in [1.29, 1.82) is 0 Å². The summed E-state index contributed by atoms with van der Waals surface area (Å²) in [5.74, 6) is 2.92. The highest BCUT2D eigenvalue weighted by Gasteiger charge is 1.92. The van der Waals surface area contributed by atoms with Crippen LogP contribution in [0.4, 0.5) is 0 Å². The predicted octanol–water partition coefficient (Wildman–Crippen LogP) is 2.18. The molecule has 0 aliphatic carbocycles. The monoisotopic (exact) mass is 212 g/mol. The topological polar surface area (TPSA) is 29.5 Å². The van der Waals surface area contributed by atoms with Gasteiger partial charge in [0, 0.05) is 12.4 Å². The first-order valence-corrected chi connectivity index (χ1v) is 5.95. The second-order valence-electron chi connectivity index (χ2n) is 2.85. The lowest BCUT2D eigenvalue weighted by Crippen LogP contribution is -2.00. The van der Waals surface area contributed by atoms with E-state index in [1.165, 1.54) is 0 Å². The highest BCUT2D eigenvalue weighted by Crippen LogP contribution is 2.09. The minimum absolute atomic E-state index is 0.284. The molecule has 0 amide bonds. The molecule has 0 aromatic heterocycles. The molecule has 1 aromatic carbocycles. The van der Waals surface area contributed by atoms with Crippen LogP contribution in [-0.4, -0.2) is 29.8 Å². The Morgan fingerprint density at radius 3 is 2.64 bits per heavy atom. The Kier molecular flexibility index (Phi) is 6.28. The van der Waals surface area contributed by atoms with Crippen LogP contribution >= 0.6 is 11.8 Å². The van der Waals surface area contributed by atoms with E-state index in [-0.39, 0.29) is 6.61 Å². The van der Waals surface area contributed by atoms with Gasteiger partial charge < -0.3 is 9.84 Å². The van der Waals surface area contributed by atoms with Gasteiger partial charge in [0.25, 0.3) is 0 Å². The van der Waals surface area contributed by atoms with Crippen LogP contribution in [0.25, 0.3) is 0 Å². The summed E-state index contributed by atoms with van der Waals surface area (Å²) in [5.41, 5.74) is 0. The molecule has 14 heavy (non-hydrogen) atoms. The maximum absolute atomic E-state index is 8.56. The van der Waals surface area contributed by atoms with Crippen LogP contribution in [-0.2, 0) is 0 Å². The fraction of sp³-hybridized carbons (Fsp3) is 0.455. The Morgan fingerprint density at radius 1 is 1.14 bits per heavy atom. The lowest BCUT2D eigenvalue weighted by molar-refractivity contribution is 0.296. The van der Waals surface area contributed by atoms with E-state index in [4.69, 9.17) is 9.84 Å². The van der Waals surface area contributed by atoms with Crippen molar-refractivity contribution in [1.82, 2.24) is 0 Å². The van der Waals surface area contributed by atoms with Crippen LogP contribution in [0.2, 0.25) is 0 Å². The van der Waals surface area contributed by atoms with Gasteiger partial charge >= 0.3 is 0 Å². The van der Waals surface area contributed by atoms with Crippen LogP contribution in [0.1, 0.15) is 6.42 Å². The van der Waals surface area contributed by atoms with E-state index in [2.05, 4.69) is 0 Å². The normalized spacial score (nSPS) is 10.1. The largest absolute Gasteiger partial charge is 0.493 e. The summed E-state index contributed by atoms with van der Waals surface area (Å²) in [5, 5.41) is 8.56. The van der Waals surface area contributed by atoms with Gasteiger partial charge in [-0.05, 0) is 24.3 Å². The number of hydrogen-bond acceptors (Lipinski definition) is 3. The second-order valence-corrected chi connectivity index (χ2v) is 4.08.